The Kier molecular flexibility index (Phi) is 3.37. The lowest BCUT2D eigenvalue weighted by Crippen LogP contribution is -2.24. The lowest BCUT2D eigenvalue weighted by molar-refractivity contribution is 0.442. The summed E-state index contributed by atoms with van der Waals surface area (Å²) in [5.74, 6) is 1.11. The summed E-state index contributed by atoms with van der Waals surface area (Å²) in [6, 6.07) is 0. The highest BCUT2D eigenvalue weighted by atomic mass is 28.4. The normalized spacial score (nSPS) is 16.9. The van der Waals surface area contributed by atoms with Gasteiger partial charge in [0.2, 0.25) is 8.32 Å². The quantitative estimate of drug-likeness (QED) is 0.621. The predicted molar refractivity (Wildman–Crippen MR) is 60.1 cm³/mol. The molecule has 0 saturated carbocycles. The van der Waals surface area contributed by atoms with E-state index < -0.39 is 8.32 Å². The van der Waals surface area contributed by atoms with Crippen LogP contribution in [0.3, 0.4) is 0 Å². The van der Waals surface area contributed by atoms with Gasteiger partial charge in [0.1, 0.15) is 0 Å². The third-order valence-corrected chi connectivity index (χ3v) is 2.76. The third kappa shape index (κ3) is 3.81. The van der Waals surface area contributed by atoms with Gasteiger partial charge in [-0.3, -0.25) is 0 Å². The molecule has 0 aromatic heterocycles. The van der Waals surface area contributed by atoms with Crippen LogP contribution in [-0.2, 0) is 4.43 Å². The first-order valence-electron chi connectivity index (χ1n) is 5.10. The van der Waals surface area contributed by atoms with Crippen molar-refractivity contribution in [3.8, 4) is 0 Å². The van der Waals surface area contributed by atoms with Crippen LogP contribution in [0.25, 0.3) is 0 Å². The lowest BCUT2D eigenvalue weighted by atomic mass is 10.1. The molecule has 0 unspecified atom stereocenters. The molecule has 13 heavy (non-hydrogen) atoms. The summed E-state index contributed by atoms with van der Waals surface area (Å²) in [6.07, 6.45) is 7.99. The van der Waals surface area contributed by atoms with E-state index in [1.807, 2.05) is 0 Å². The topological polar surface area (TPSA) is 9.23 Å². The van der Waals surface area contributed by atoms with Gasteiger partial charge in [-0.2, -0.15) is 0 Å². The second-order valence-electron chi connectivity index (χ2n) is 4.58. The van der Waals surface area contributed by atoms with Gasteiger partial charge in [0.15, 0.2) is 0 Å². The molecule has 1 aliphatic carbocycles. The maximum atomic E-state index is 5.90. The summed E-state index contributed by atoms with van der Waals surface area (Å²) in [5.41, 5.74) is 1.52. The van der Waals surface area contributed by atoms with Crippen LogP contribution in [-0.4, -0.2) is 8.32 Å². The largest absolute Gasteiger partial charge is 0.545 e. The number of rotatable bonds is 4. The van der Waals surface area contributed by atoms with Crippen LogP contribution < -0.4 is 0 Å². The first kappa shape index (κ1) is 10.6. The second kappa shape index (κ2) is 4.14. The first-order chi connectivity index (χ1) is 6.01. The second-order valence-corrected chi connectivity index (χ2v) is 9.01. The Balaban J connectivity index is 2.47. The molecule has 0 radical (unpaired) electrons. The summed E-state index contributed by atoms with van der Waals surface area (Å²) in [6.45, 7) is 8.89. The zero-order valence-electron chi connectivity index (χ0n) is 9.18. The van der Waals surface area contributed by atoms with E-state index in [1.165, 1.54) is 18.4 Å². The molecule has 1 rings (SSSR count). The number of allylic oxidation sites excluding steroid dienone is 3. The molecule has 0 aromatic rings. The Morgan fingerprint density at radius 2 is 2.08 bits per heavy atom. The SMILES string of the molecule is CCCC1=CC(O[Si](C)(C)C)=CC1. The maximum Gasteiger partial charge on any atom is 0.242 e. The molecule has 0 fully saturated rings. The van der Waals surface area contributed by atoms with E-state index in [0.717, 1.165) is 12.2 Å². The number of hydrogen-bond acceptors (Lipinski definition) is 1. The lowest BCUT2D eigenvalue weighted by Gasteiger charge is -2.18. The van der Waals surface area contributed by atoms with Crippen molar-refractivity contribution in [1.29, 1.82) is 0 Å². The number of hydrogen-bond donors (Lipinski definition) is 0. The smallest absolute Gasteiger partial charge is 0.242 e. The van der Waals surface area contributed by atoms with Crippen molar-refractivity contribution < 1.29 is 4.43 Å². The maximum absolute atomic E-state index is 5.90. The van der Waals surface area contributed by atoms with Crippen LogP contribution in [0.4, 0.5) is 0 Å². The third-order valence-electron chi connectivity index (χ3n) is 1.91. The molecular weight excluding hydrogens is 176 g/mol. The van der Waals surface area contributed by atoms with Gasteiger partial charge in [-0.25, -0.2) is 0 Å². The molecule has 0 heterocycles. The Labute approximate surface area is 82.6 Å². The van der Waals surface area contributed by atoms with Crippen LogP contribution in [0, 0.1) is 0 Å². The van der Waals surface area contributed by atoms with E-state index in [-0.39, 0.29) is 0 Å². The monoisotopic (exact) mass is 196 g/mol. The van der Waals surface area contributed by atoms with Crippen LogP contribution in [0.1, 0.15) is 26.2 Å². The average molecular weight is 196 g/mol. The van der Waals surface area contributed by atoms with Crippen molar-refractivity contribution in [2.24, 2.45) is 0 Å². The molecule has 0 N–H and O–H groups in total. The van der Waals surface area contributed by atoms with Crippen molar-refractivity contribution >= 4 is 8.32 Å². The van der Waals surface area contributed by atoms with Gasteiger partial charge < -0.3 is 4.43 Å². The van der Waals surface area contributed by atoms with Crippen molar-refractivity contribution in [1.82, 2.24) is 0 Å². The van der Waals surface area contributed by atoms with Crippen molar-refractivity contribution in [3.63, 3.8) is 0 Å². The van der Waals surface area contributed by atoms with Crippen molar-refractivity contribution in [2.45, 2.75) is 45.8 Å². The summed E-state index contributed by atoms with van der Waals surface area (Å²) < 4.78 is 5.90. The van der Waals surface area contributed by atoms with E-state index in [1.54, 1.807) is 0 Å². The van der Waals surface area contributed by atoms with E-state index in [2.05, 4.69) is 38.7 Å². The minimum Gasteiger partial charge on any atom is -0.545 e. The Hall–Kier alpha value is -0.503. The molecule has 0 aliphatic heterocycles. The zero-order chi connectivity index (χ0) is 9.90. The molecule has 1 aliphatic rings. The van der Waals surface area contributed by atoms with Gasteiger partial charge in [-0.15, -0.1) is 0 Å². The highest BCUT2D eigenvalue weighted by molar-refractivity contribution is 6.70. The molecule has 74 valence electrons. The van der Waals surface area contributed by atoms with Crippen molar-refractivity contribution in [3.05, 3.63) is 23.5 Å². The highest BCUT2D eigenvalue weighted by Gasteiger charge is 2.18. The van der Waals surface area contributed by atoms with Crippen LogP contribution >= 0.6 is 0 Å². The van der Waals surface area contributed by atoms with Gasteiger partial charge in [0.05, 0.1) is 5.76 Å². The van der Waals surface area contributed by atoms with Crippen molar-refractivity contribution in [2.75, 3.05) is 0 Å². The summed E-state index contributed by atoms with van der Waals surface area (Å²) >= 11 is 0. The molecule has 0 bridgehead atoms. The van der Waals surface area contributed by atoms with Crippen LogP contribution in [0.15, 0.2) is 23.5 Å². The fourth-order valence-electron chi connectivity index (χ4n) is 1.47. The average Bonchev–Trinajstić information content (AvgIpc) is 2.33. The van der Waals surface area contributed by atoms with Gasteiger partial charge in [-0.1, -0.05) is 18.9 Å². The molecule has 2 heteroatoms. The molecule has 0 spiro atoms. The van der Waals surface area contributed by atoms with Crippen LogP contribution in [0.2, 0.25) is 19.6 Å². The Morgan fingerprint density at radius 3 is 2.62 bits per heavy atom. The fourth-order valence-corrected chi connectivity index (χ4v) is 2.32. The van der Waals surface area contributed by atoms with E-state index in [9.17, 15) is 0 Å². The summed E-state index contributed by atoms with van der Waals surface area (Å²) in [4.78, 5) is 0. The van der Waals surface area contributed by atoms with E-state index in [0.29, 0.717) is 0 Å². The Bertz CT molecular complexity index is 233. The zero-order valence-corrected chi connectivity index (χ0v) is 10.2. The van der Waals surface area contributed by atoms with E-state index in [4.69, 9.17) is 4.43 Å². The molecule has 0 atom stereocenters. The van der Waals surface area contributed by atoms with Gasteiger partial charge >= 0.3 is 0 Å². The van der Waals surface area contributed by atoms with Gasteiger partial charge in [0, 0.05) is 0 Å². The predicted octanol–water partition coefficient (Wildman–Crippen LogP) is 3.85. The molecule has 0 saturated heterocycles. The Morgan fingerprint density at radius 1 is 1.38 bits per heavy atom. The molecule has 0 amide bonds. The first-order valence-corrected chi connectivity index (χ1v) is 8.50. The standard InChI is InChI=1S/C11H20OSi/c1-5-6-10-7-8-11(9-10)12-13(2,3)4/h8-9H,5-7H2,1-4H3. The minimum absolute atomic E-state index is 1.10. The summed E-state index contributed by atoms with van der Waals surface area (Å²) in [5, 5.41) is 0. The fraction of sp³-hybridized carbons (Fsp3) is 0.636. The van der Waals surface area contributed by atoms with Crippen LogP contribution in [0.5, 0.6) is 0 Å². The van der Waals surface area contributed by atoms with Gasteiger partial charge in [-0.05, 0) is 44.6 Å². The summed E-state index contributed by atoms with van der Waals surface area (Å²) in [7, 11) is -1.39. The molecule has 1 nitrogen and oxygen atoms in total. The molecule has 0 aromatic carbocycles. The highest BCUT2D eigenvalue weighted by Crippen LogP contribution is 2.24. The van der Waals surface area contributed by atoms with Gasteiger partial charge in [0.25, 0.3) is 0 Å². The van der Waals surface area contributed by atoms with E-state index >= 15 is 0 Å². The minimum atomic E-state index is -1.39. The molecular formula is C11H20OSi.